The molecule has 25 heavy (non-hydrogen) atoms. The highest BCUT2D eigenvalue weighted by Crippen LogP contribution is 2.41. The number of methoxy groups -OCH3 is 1. The molecule has 2 aromatic carbocycles. The lowest BCUT2D eigenvalue weighted by Gasteiger charge is -2.19. The third kappa shape index (κ3) is 3.82. The molecular weight excluding hydrogens is 388 g/mol. The van der Waals surface area contributed by atoms with Crippen LogP contribution in [0.1, 0.15) is 34.8 Å². The maximum Gasteiger partial charge on any atom is 0.284 e. The zero-order valence-corrected chi connectivity index (χ0v) is 15.2. The van der Waals surface area contributed by atoms with Crippen LogP contribution >= 0.6 is 15.9 Å². The Hall–Kier alpha value is -2.41. The van der Waals surface area contributed by atoms with Crippen LogP contribution in [0.4, 0.5) is 5.69 Å². The number of carbonyl (C=O) groups is 1. The van der Waals surface area contributed by atoms with Crippen molar-refractivity contribution < 1.29 is 14.5 Å². The molecule has 7 heteroatoms. The lowest BCUT2D eigenvalue weighted by Crippen LogP contribution is -2.30. The molecule has 1 N–H and O–H groups in total. The first kappa shape index (κ1) is 17.4. The van der Waals surface area contributed by atoms with Gasteiger partial charge >= 0.3 is 0 Å². The molecule has 130 valence electrons. The van der Waals surface area contributed by atoms with Gasteiger partial charge in [-0.05, 0) is 58.5 Å². The van der Waals surface area contributed by atoms with Crippen LogP contribution in [0.25, 0.3) is 0 Å². The molecule has 1 fully saturated rings. The lowest BCUT2D eigenvalue weighted by atomic mass is 10.0. The number of nitro benzene ring substituents is 1. The maximum atomic E-state index is 12.7. The molecular formula is C18H17BrN2O4. The van der Waals surface area contributed by atoms with E-state index >= 15 is 0 Å². The smallest absolute Gasteiger partial charge is 0.284 e. The predicted octanol–water partition coefficient (Wildman–Crippen LogP) is 4.25. The first-order valence-electron chi connectivity index (χ1n) is 7.89. The molecule has 6 nitrogen and oxygen atoms in total. The van der Waals surface area contributed by atoms with Crippen molar-refractivity contribution in [3.63, 3.8) is 0 Å². The van der Waals surface area contributed by atoms with Gasteiger partial charge in [0.1, 0.15) is 10.2 Å². The highest BCUT2D eigenvalue weighted by Gasteiger charge is 2.34. The summed E-state index contributed by atoms with van der Waals surface area (Å²) in [7, 11) is 1.61. The third-order valence-corrected chi connectivity index (χ3v) is 5.11. The summed E-state index contributed by atoms with van der Waals surface area (Å²) in [5, 5.41) is 14.1. The van der Waals surface area contributed by atoms with Gasteiger partial charge in [-0.2, -0.15) is 0 Å². The van der Waals surface area contributed by atoms with Crippen LogP contribution in [0, 0.1) is 16.0 Å². The van der Waals surface area contributed by atoms with Gasteiger partial charge in [-0.25, -0.2) is 0 Å². The Balaban J connectivity index is 1.84. The fourth-order valence-corrected chi connectivity index (χ4v) is 3.36. The minimum Gasteiger partial charge on any atom is -0.497 e. The highest BCUT2D eigenvalue weighted by atomic mass is 79.9. The Labute approximate surface area is 153 Å². The standard InChI is InChI=1S/C18H17BrN2O4/c1-25-13-9-7-12(8-10-13)17(11-5-6-11)20-18(22)14-3-2-4-15(16(14)19)21(23)24/h2-4,7-11,17H,5-6H2,1H3,(H,20,22)/t17-/m1/s1. The number of nitro groups is 1. The van der Waals surface area contributed by atoms with Crippen molar-refractivity contribution in [1.29, 1.82) is 0 Å². The van der Waals surface area contributed by atoms with Gasteiger partial charge in [0, 0.05) is 6.07 Å². The molecule has 1 aliphatic rings. The summed E-state index contributed by atoms with van der Waals surface area (Å²) in [5.74, 6) is 0.809. The summed E-state index contributed by atoms with van der Waals surface area (Å²) in [6.45, 7) is 0. The average molecular weight is 405 g/mol. The van der Waals surface area contributed by atoms with E-state index in [-0.39, 0.29) is 27.7 Å². The first-order valence-corrected chi connectivity index (χ1v) is 8.68. The van der Waals surface area contributed by atoms with Crippen LogP contribution in [0.5, 0.6) is 5.75 Å². The molecule has 1 aliphatic carbocycles. The third-order valence-electron chi connectivity index (χ3n) is 4.27. The summed E-state index contributed by atoms with van der Waals surface area (Å²) in [4.78, 5) is 23.2. The van der Waals surface area contributed by atoms with Gasteiger partial charge in [0.15, 0.2) is 0 Å². The Morgan fingerprint density at radius 3 is 2.52 bits per heavy atom. The van der Waals surface area contributed by atoms with Gasteiger partial charge in [-0.1, -0.05) is 18.2 Å². The van der Waals surface area contributed by atoms with Gasteiger partial charge in [0.25, 0.3) is 11.6 Å². The fourth-order valence-electron chi connectivity index (χ4n) is 2.77. The summed E-state index contributed by atoms with van der Waals surface area (Å²) in [6.07, 6.45) is 2.10. The molecule has 3 rings (SSSR count). The molecule has 0 heterocycles. The van der Waals surface area contributed by atoms with Crippen LogP contribution < -0.4 is 10.1 Å². The number of rotatable bonds is 6. The van der Waals surface area contributed by atoms with Crippen LogP contribution in [0.2, 0.25) is 0 Å². The minimum absolute atomic E-state index is 0.121. The van der Waals surface area contributed by atoms with Crippen molar-refractivity contribution >= 4 is 27.5 Å². The lowest BCUT2D eigenvalue weighted by molar-refractivity contribution is -0.385. The number of halogens is 1. The SMILES string of the molecule is COc1ccc([C@H](NC(=O)c2cccc([N+](=O)[O-])c2Br)C2CC2)cc1. The average Bonchev–Trinajstić information content (AvgIpc) is 3.44. The van der Waals surface area contributed by atoms with E-state index in [1.807, 2.05) is 24.3 Å². The molecule has 0 unspecified atom stereocenters. The quantitative estimate of drug-likeness (QED) is 0.576. The van der Waals surface area contributed by atoms with Crippen molar-refractivity contribution in [2.75, 3.05) is 7.11 Å². The second-order valence-electron chi connectivity index (χ2n) is 5.96. The number of nitrogens with one attached hydrogen (secondary N) is 1. The fraction of sp³-hybridized carbons (Fsp3) is 0.278. The van der Waals surface area contributed by atoms with Crippen LogP contribution in [0.3, 0.4) is 0 Å². The van der Waals surface area contributed by atoms with Gasteiger partial charge < -0.3 is 10.1 Å². The zero-order chi connectivity index (χ0) is 18.0. The topological polar surface area (TPSA) is 81.5 Å². The molecule has 1 saturated carbocycles. The molecule has 0 aliphatic heterocycles. The normalized spacial score (nSPS) is 14.6. The number of nitrogens with zero attached hydrogens (tertiary/aromatic N) is 1. The number of amides is 1. The Kier molecular flexibility index (Phi) is 5.03. The number of hydrogen-bond acceptors (Lipinski definition) is 4. The van der Waals surface area contributed by atoms with E-state index in [0.717, 1.165) is 24.2 Å². The molecule has 1 amide bonds. The van der Waals surface area contributed by atoms with E-state index in [2.05, 4.69) is 21.2 Å². The summed E-state index contributed by atoms with van der Waals surface area (Å²) >= 11 is 3.18. The first-order chi connectivity index (χ1) is 12.0. The molecule has 0 aromatic heterocycles. The van der Waals surface area contributed by atoms with Crippen molar-refractivity contribution in [3.8, 4) is 5.75 Å². The molecule has 0 saturated heterocycles. The molecule has 0 spiro atoms. The number of benzene rings is 2. The largest absolute Gasteiger partial charge is 0.497 e. The Morgan fingerprint density at radius 2 is 1.96 bits per heavy atom. The molecule has 0 bridgehead atoms. The van der Waals surface area contributed by atoms with E-state index in [9.17, 15) is 14.9 Å². The Bertz CT molecular complexity index is 803. The van der Waals surface area contributed by atoms with Crippen molar-refractivity contribution in [2.45, 2.75) is 18.9 Å². The summed E-state index contributed by atoms with van der Waals surface area (Å²) < 4.78 is 5.37. The monoisotopic (exact) mass is 404 g/mol. The second kappa shape index (κ2) is 7.23. The summed E-state index contributed by atoms with van der Waals surface area (Å²) in [5.41, 5.74) is 1.13. The summed E-state index contributed by atoms with van der Waals surface area (Å²) in [6, 6.07) is 11.9. The van der Waals surface area contributed by atoms with Crippen LogP contribution in [0.15, 0.2) is 46.9 Å². The number of hydrogen-bond donors (Lipinski definition) is 1. The molecule has 2 aromatic rings. The molecule has 0 radical (unpaired) electrons. The second-order valence-corrected chi connectivity index (χ2v) is 6.75. The van der Waals surface area contributed by atoms with Gasteiger partial charge in [-0.3, -0.25) is 14.9 Å². The zero-order valence-electron chi connectivity index (χ0n) is 13.6. The van der Waals surface area contributed by atoms with E-state index in [1.165, 1.54) is 12.1 Å². The van der Waals surface area contributed by atoms with Crippen molar-refractivity contribution in [1.82, 2.24) is 5.32 Å². The van der Waals surface area contributed by atoms with Gasteiger partial charge in [0.2, 0.25) is 0 Å². The maximum absolute atomic E-state index is 12.7. The molecule has 1 atom stereocenters. The number of ether oxygens (including phenoxy) is 1. The van der Waals surface area contributed by atoms with Crippen LogP contribution in [-0.2, 0) is 0 Å². The van der Waals surface area contributed by atoms with E-state index in [0.29, 0.717) is 5.92 Å². The van der Waals surface area contributed by atoms with Crippen molar-refractivity contribution in [3.05, 3.63) is 68.2 Å². The van der Waals surface area contributed by atoms with E-state index in [1.54, 1.807) is 13.2 Å². The van der Waals surface area contributed by atoms with E-state index in [4.69, 9.17) is 4.74 Å². The highest BCUT2D eigenvalue weighted by molar-refractivity contribution is 9.10. The van der Waals surface area contributed by atoms with Crippen molar-refractivity contribution in [2.24, 2.45) is 5.92 Å². The number of carbonyl (C=O) groups excluding carboxylic acids is 1. The minimum atomic E-state index is -0.511. The van der Waals surface area contributed by atoms with Gasteiger partial charge in [0.05, 0.1) is 23.6 Å². The van der Waals surface area contributed by atoms with Crippen LogP contribution in [-0.4, -0.2) is 17.9 Å². The Morgan fingerprint density at radius 1 is 1.28 bits per heavy atom. The van der Waals surface area contributed by atoms with E-state index < -0.39 is 4.92 Å². The predicted molar refractivity (Wildman–Crippen MR) is 96.7 cm³/mol. The van der Waals surface area contributed by atoms with Gasteiger partial charge in [-0.15, -0.1) is 0 Å².